The van der Waals surface area contributed by atoms with Crippen molar-refractivity contribution in [2.75, 3.05) is 12.8 Å². The van der Waals surface area contributed by atoms with Crippen LogP contribution in [-0.2, 0) is 0 Å². The van der Waals surface area contributed by atoms with Gasteiger partial charge in [0, 0.05) is 0 Å². The van der Waals surface area contributed by atoms with Gasteiger partial charge in [0.25, 0.3) is 0 Å². The molecule has 0 nitrogen and oxygen atoms in total. The summed E-state index contributed by atoms with van der Waals surface area (Å²) in [7, 11) is 0.261. The van der Waals surface area contributed by atoms with Gasteiger partial charge in [0.1, 0.15) is 0 Å². The zero-order valence-corrected chi connectivity index (χ0v) is 7.32. The third-order valence-electron chi connectivity index (χ3n) is 2.39. The average molecular weight is 152 g/mol. The van der Waals surface area contributed by atoms with Crippen molar-refractivity contribution < 1.29 is 0 Å². The lowest BCUT2D eigenvalue weighted by Gasteiger charge is -2.16. The quantitative estimate of drug-likeness (QED) is 0.468. The summed E-state index contributed by atoms with van der Waals surface area (Å²) in [6.07, 6.45) is 10.2. The summed E-state index contributed by atoms with van der Waals surface area (Å²) < 4.78 is 0. The fourth-order valence-electron chi connectivity index (χ4n) is 1.83. The van der Waals surface area contributed by atoms with Gasteiger partial charge in [0.15, 0.2) is 0 Å². The molecule has 0 aromatic carbocycles. The number of hydrogen-bond donors (Lipinski definition) is 0. The van der Waals surface area contributed by atoms with Gasteiger partial charge in [0.2, 0.25) is 0 Å². The second-order valence-electron chi connectivity index (χ2n) is 3.11. The van der Waals surface area contributed by atoms with E-state index >= 15 is 0 Å². The lowest BCUT2D eigenvalue weighted by molar-refractivity contribution is 0.913. The first-order valence-electron chi connectivity index (χ1n) is 3.97. The molecule has 54 valence electrons. The van der Waals surface area contributed by atoms with Crippen molar-refractivity contribution in [2.45, 2.75) is 19.3 Å². The molecule has 0 spiro atoms. The lowest BCUT2D eigenvalue weighted by atomic mass is 10.2. The zero-order chi connectivity index (χ0) is 6.97. The number of hydrogen-bond acceptors (Lipinski definition) is 0. The van der Waals surface area contributed by atoms with Crippen LogP contribution in [0, 0.1) is 0 Å². The normalized spacial score (nSPS) is 31.1. The molecule has 2 aliphatic rings. The third kappa shape index (κ3) is 0.953. The predicted octanol–water partition coefficient (Wildman–Crippen LogP) is 3.11. The van der Waals surface area contributed by atoms with Crippen LogP contribution in [0.15, 0.2) is 23.0 Å². The van der Waals surface area contributed by atoms with Crippen LogP contribution in [0.5, 0.6) is 0 Å². The van der Waals surface area contributed by atoms with Crippen molar-refractivity contribution in [1.29, 1.82) is 0 Å². The van der Waals surface area contributed by atoms with Gasteiger partial charge >= 0.3 is 0 Å². The van der Waals surface area contributed by atoms with E-state index in [0.29, 0.717) is 0 Å². The minimum Gasteiger partial charge on any atom is -0.0797 e. The maximum atomic E-state index is 2.42. The summed E-state index contributed by atoms with van der Waals surface area (Å²) in [5.41, 5.74) is 1.68. The Bertz CT molecular complexity index is 201. The SMILES string of the molecule is CP1CC=CC2=C1CCC2. The van der Waals surface area contributed by atoms with E-state index in [1.165, 1.54) is 25.4 Å². The number of rotatable bonds is 0. The second kappa shape index (κ2) is 2.51. The Hall–Kier alpha value is -0.0900. The molecule has 1 aliphatic heterocycles. The minimum atomic E-state index is 0.261. The van der Waals surface area contributed by atoms with Crippen LogP contribution in [0.4, 0.5) is 0 Å². The maximum absolute atomic E-state index is 2.42. The predicted molar refractivity (Wildman–Crippen MR) is 47.7 cm³/mol. The van der Waals surface area contributed by atoms with E-state index in [0.717, 1.165) is 0 Å². The summed E-state index contributed by atoms with van der Waals surface area (Å²) in [5, 5.41) is 1.82. The van der Waals surface area contributed by atoms with Gasteiger partial charge in [0.05, 0.1) is 0 Å². The molecule has 0 saturated carbocycles. The van der Waals surface area contributed by atoms with Gasteiger partial charge in [-0.15, -0.1) is 0 Å². The van der Waals surface area contributed by atoms with Gasteiger partial charge in [-0.05, 0) is 43.0 Å². The molecule has 0 radical (unpaired) electrons. The maximum Gasteiger partial charge on any atom is -0.0107 e. The Balaban J connectivity index is 2.30. The molecule has 0 aromatic heterocycles. The molecule has 10 heavy (non-hydrogen) atoms. The third-order valence-corrected chi connectivity index (χ3v) is 4.58. The highest BCUT2D eigenvalue weighted by atomic mass is 31.1. The fourth-order valence-corrected chi connectivity index (χ4v) is 3.69. The molecule has 1 aliphatic carbocycles. The molecule has 0 amide bonds. The second-order valence-corrected chi connectivity index (χ2v) is 5.41. The molecule has 1 heteroatoms. The largest absolute Gasteiger partial charge is 0.0797 e. The Labute approximate surface area is 63.8 Å². The summed E-state index contributed by atoms with van der Waals surface area (Å²) in [6, 6.07) is 0. The molecule has 0 saturated heterocycles. The van der Waals surface area contributed by atoms with Gasteiger partial charge in [-0.1, -0.05) is 20.1 Å². The molecular weight excluding hydrogens is 139 g/mol. The molecule has 0 aromatic rings. The van der Waals surface area contributed by atoms with Crippen LogP contribution in [0.1, 0.15) is 19.3 Å². The van der Waals surface area contributed by atoms with E-state index in [2.05, 4.69) is 18.8 Å². The van der Waals surface area contributed by atoms with Crippen molar-refractivity contribution in [3.05, 3.63) is 23.0 Å². The average Bonchev–Trinajstić information content (AvgIpc) is 2.36. The molecule has 0 fully saturated rings. The number of allylic oxidation sites excluding steroid dienone is 4. The van der Waals surface area contributed by atoms with E-state index < -0.39 is 0 Å². The van der Waals surface area contributed by atoms with E-state index in [4.69, 9.17) is 0 Å². The highest BCUT2D eigenvalue weighted by Crippen LogP contribution is 2.51. The van der Waals surface area contributed by atoms with E-state index in [-0.39, 0.29) is 7.92 Å². The Kier molecular flexibility index (Phi) is 1.66. The smallest absolute Gasteiger partial charge is 0.0107 e. The van der Waals surface area contributed by atoms with E-state index in [1.54, 1.807) is 5.57 Å². The van der Waals surface area contributed by atoms with Crippen molar-refractivity contribution in [1.82, 2.24) is 0 Å². The van der Waals surface area contributed by atoms with Crippen LogP contribution in [0.2, 0.25) is 0 Å². The Morgan fingerprint density at radius 2 is 2.30 bits per heavy atom. The summed E-state index contributed by atoms with van der Waals surface area (Å²) in [5.74, 6) is 0. The topological polar surface area (TPSA) is 0 Å². The fraction of sp³-hybridized carbons (Fsp3) is 0.556. The molecule has 1 atom stereocenters. The van der Waals surface area contributed by atoms with Crippen LogP contribution in [-0.4, -0.2) is 12.8 Å². The van der Waals surface area contributed by atoms with E-state index in [1.807, 2.05) is 5.31 Å². The van der Waals surface area contributed by atoms with Crippen LogP contribution >= 0.6 is 7.92 Å². The Morgan fingerprint density at radius 1 is 1.40 bits per heavy atom. The van der Waals surface area contributed by atoms with Gasteiger partial charge in [-0.2, -0.15) is 0 Å². The highest BCUT2D eigenvalue weighted by molar-refractivity contribution is 7.61. The van der Waals surface area contributed by atoms with Gasteiger partial charge in [-0.25, -0.2) is 0 Å². The van der Waals surface area contributed by atoms with Crippen LogP contribution < -0.4 is 0 Å². The van der Waals surface area contributed by atoms with Crippen molar-refractivity contribution in [3.63, 3.8) is 0 Å². The molecule has 0 N–H and O–H groups in total. The summed E-state index contributed by atoms with van der Waals surface area (Å²) in [4.78, 5) is 0. The lowest BCUT2D eigenvalue weighted by Crippen LogP contribution is -1.89. The molecule has 1 unspecified atom stereocenters. The standard InChI is InChI=1S/C9H13P/c1-10-7-3-5-8-4-2-6-9(8)10/h3,5H,2,4,6-7H2,1H3. The first-order chi connectivity index (χ1) is 4.88. The van der Waals surface area contributed by atoms with Gasteiger partial charge < -0.3 is 0 Å². The summed E-state index contributed by atoms with van der Waals surface area (Å²) >= 11 is 0. The van der Waals surface area contributed by atoms with Crippen molar-refractivity contribution >= 4 is 7.92 Å². The molecular formula is C9H13P. The molecule has 1 heterocycles. The van der Waals surface area contributed by atoms with Crippen molar-refractivity contribution in [3.8, 4) is 0 Å². The minimum absolute atomic E-state index is 0.261. The first-order valence-corrected chi connectivity index (χ1v) is 5.95. The first kappa shape index (κ1) is 6.61. The monoisotopic (exact) mass is 152 g/mol. The van der Waals surface area contributed by atoms with Crippen LogP contribution in [0.3, 0.4) is 0 Å². The highest BCUT2D eigenvalue weighted by Gasteiger charge is 2.19. The zero-order valence-electron chi connectivity index (χ0n) is 6.43. The molecule has 0 bridgehead atoms. The van der Waals surface area contributed by atoms with Gasteiger partial charge in [-0.3, -0.25) is 0 Å². The van der Waals surface area contributed by atoms with E-state index in [9.17, 15) is 0 Å². The Morgan fingerprint density at radius 3 is 3.10 bits per heavy atom. The van der Waals surface area contributed by atoms with Crippen LogP contribution in [0.25, 0.3) is 0 Å². The summed E-state index contributed by atoms with van der Waals surface area (Å²) in [6.45, 7) is 2.42. The molecule has 2 rings (SSSR count). The van der Waals surface area contributed by atoms with Crippen molar-refractivity contribution in [2.24, 2.45) is 0 Å².